The standard InChI is InChI=1S/C17H30N4O2S2/c1-6-21(25(5,22)23)13-7-12-19-17(18-2)20(3)14-15-8-10-16(24-4)11-9-15/h8-11H,6-7,12-14H2,1-5H3,(H,18,19). The summed E-state index contributed by atoms with van der Waals surface area (Å²) in [6.07, 6.45) is 4.05. The van der Waals surface area contributed by atoms with Gasteiger partial charge in [-0.2, -0.15) is 0 Å². The van der Waals surface area contributed by atoms with Crippen LogP contribution in [0.2, 0.25) is 0 Å². The molecule has 25 heavy (non-hydrogen) atoms. The summed E-state index contributed by atoms with van der Waals surface area (Å²) < 4.78 is 24.6. The summed E-state index contributed by atoms with van der Waals surface area (Å²) in [5.41, 5.74) is 1.22. The summed E-state index contributed by atoms with van der Waals surface area (Å²) in [6, 6.07) is 8.49. The van der Waals surface area contributed by atoms with Crippen molar-refractivity contribution in [2.75, 3.05) is 46.2 Å². The van der Waals surface area contributed by atoms with Crippen LogP contribution in [0.25, 0.3) is 0 Å². The molecule has 6 nitrogen and oxygen atoms in total. The second-order valence-corrected chi connectivity index (χ2v) is 8.65. The van der Waals surface area contributed by atoms with Gasteiger partial charge in [0, 0.05) is 45.2 Å². The third kappa shape index (κ3) is 7.66. The van der Waals surface area contributed by atoms with E-state index in [0.29, 0.717) is 19.6 Å². The van der Waals surface area contributed by atoms with Gasteiger partial charge < -0.3 is 10.2 Å². The minimum atomic E-state index is -3.12. The molecule has 1 aromatic carbocycles. The van der Waals surface area contributed by atoms with Crippen molar-refractivity contribution in [3.8, 4) is 0 Å². The predicted molar refractivity (Wildman–Crippen MR) is 108 cm³/mol. The summed E-state index contributed by atoms with van der Waals surface area (Å²) in [4.78, 5) is 7.61. The van der Waals surface area contributed by atoms with Gasteiger partial charge in [0.05, 0.1) is 6.26 Å². The molecule has 1 N–H and O–H groups in total. The Morgan fingerprint density at radius 2 is 1.92 bits per heavy atom. The van der Waals surface area contributed by atoms with Crippen LogP contribution >= 0.6 is 11.8 Å². The lowest BCUT2D eigenvalue weighted by atomic mass is 10.2. The van der Waals surface area contributed by atoms with Crippen molar-refractivity contribution in [1.29, 1.82) is 0 Å². The molecule has 142 valence electrons. The van der Waals surface area contributed by atoms with Gasteiger partial charge >= 0.3 is 0 Å². The van der Waals surface area contributed by atoms with Crippen molar-refractivity contribution in [2.45, 2.75) is 24.8 Å². The number of hydrogen-bond acceptors (Lipinski definition) is 4. The molecule has 0 saturated carbocycles. The van der Waals surface area contributed by atoms with E-state index < -0.39 is 10.0 Å². The van der Waals surface area contributed by atoms with Gasteiger partial charge in [-0.15, -0.1) is 11.8 Å². The molecular formula is C17H30N4O2S2. The number of aliphatic imine (C=N–C) groups is 1. The molecule has 0 aliphatic carbocycles. The highest BCUT2D eigenvalue weighted by Crippen LogP contribution is 2.15. The lowest BCUT2D eigenvalue weighted by molar-refractivity contribution is 0.419. The number of sulfonamides is 1. The van der Waals surface area contributed by atoms with E-state index in [1.54, 1.807) is 18.8 Å². The van der Waals surface area contributed by atoms with Crippen LogP contribution in [0.5, 0.6) is 0 Å². The van der Waals surface area contributed by atoms with Gasteiger partial charge in [-0.05, 0) is 30.4 Å². The first kappa shape index (κ1) is 21.8. The van der Waals surface area contributed by atoms with Crippen molar-refractivity contribution < 1.29 is 8.42 Å². The molecule has 0 unspecified atom stereocenters. The Balaban J connectivity index is 2.47. The van der Waals surface area contributed by atoms with Crippen LogP contribution in [0, 0.1) is 0 Å². The molecule has 0 fully saturated rings. The molecule has 0 aliphatic heterocycles. The van der Waals surface area contributed by atoms with E-state index in [-0.39, 0.29) is 0 Å². The van der Waals surface area contributed by atoms with Gasteiger partial charge in [0.1, 0.15) is 0 Å². The third-order valence-electron chi connectivity index (χ3n) is 3.84. The average molecular weight is 387 g/mol. The maximum atomic E-state index is 11.6. The van der Waals surface area contributed by atoms with Crippen LogP contribution in [0.4, 0.5) is 0 Å². The molecule has 0 radical (unpaired) electrons. The first-order chi connectivity index (χ1) is 11.8. The molecule has 0 saturated heterocycles. The smallest absolute Gasteiger partial charge is 0.211 e. The largest absolute Gasteiger partial charge is 0.356 e. The highest BCUT2D eigenvalue weighted by molar-refractivity contribution is 7.98. The number of guanidine groups is 1. The van der Waals surface area contributed by atoms with Crippen molar-refractivity contribution >= 4 is 27.7 Å². The number of rotatable bonds is 9. The average Bonchev–Trinajstić information content (AvgIpc) is 2.57. The van der Waals surface area contributed by atoms with E-state index >= 15 is 0 Å². The zero-order valence-electron chi connectivity index (χ0n) is 15.8. The monoisotopic (exact) mass is 386 g/mol. The molecule has 0 amide bonds. The number of nitrogens with zero attached hydrogens (tertiary/aromatic N) is 3. The van der Waals surface area contributed by atoms with Crippen molar-refractivity contribution in [3.63, 3.8) is 0 Å². The molecule has 1 rings (SSSR count). The number of thioether (sulfide) groups is 1. The molecule has 0 heterocycles. The van der Waals surface area contributed by atoms with Gasteiger partial charge in [0.15, 0.2) is 5.96 Å². The van der Waals surface area contributed by atoms with Crippen LogP contribution in [0.3, 0.4) is 0 Å². The Morgan fingerprint density at radius 1 is 1.28 bits per heavy atom. The summed E-state index contributed by atoms with van der Waals surface area (Å²) in [6.45, 7) is 4.30. The Morgan fingerprint density at radius 3 is 2.40 bits per heavy atom. The molecule has 0 spiro atoms. The van der Waals surface area contributed by atoms with Crippen LogP contribution in [0.15, 0.2) is 34.2 Å². The molecule has 0 atom stereocenters. The summed E-state index contributed by atoms with van der Waals surface area (Å²) in [7, 11) is 0.626. The van der Waals surface area contributed by atoms with Crippen molar-refractivity contribution in [1.82, 2.24) is 14.5 Å². The fourth-order valence-electron chi connectivity index (χ4n) is 2.48. The lowest BCUT2D eigenvalue weighted by Gasteiger charge is -2.23. The first-order valence-corrected chi connectivity index (χ1v) is 11.4. The predicted octanol–water partition coefficient (Wildman–Crippen LogP) is 2.09. The number of benzene rings is 1. The SMILES string of the molecule is CCN(CCCNC(=NC)N(C)Cc1ccc(SC)cc1)S(C)(=O)=O. The van der Waals surface area contributed by atoms with E-state index in [1.807, 2.05) is 14.0 Å². The van der Waals surface area contributed by atoms with Gasteiger partial charge in [0.2, 0.25) is 10.0 Å². The molecule has 0 aliphatic rings. The Bertz CT molecular complexity index is 645. The quantitative estimate of drug-likeness (QED) is 0.305. The summed E-state index contributed by atoms with van der Waals surface area (Å²) >= 11 is 1.73. The molecular weight excluding hydrogens is 356 g/mol. The molecule has 0 bridgehead atoms. The maximum absolute atomic E-state index is 11.6. The summed E-state index contributed by atoms with van der Waals surface area (Å²) in [5, 5.41) is 3.29. The molecule has 0 aromatic heterocycles. The van der Waals surface area contributed by atoms with E-state index in [1.165, 1.54) is 21.0 Å². The normalized spacial score (nSPS) is 12.5. The van der Waals surface area contributed by atoms with Crippen LogP contribution in [-0.2, 0) is 16.6 Å². The van der Waals surface area contributed by atoms with Crippen molar-refractivity contribution in [2.24, 2.45) is 4.99 Å². The van der Waals surface area contributed by atoms with Crippen LogP contribution in [0.1, 0.15) is 18.9 Å². The minimum Gasteiger partial charge on any atom is -0.356 e. The van der Waals surface area contributed by atoms with Gasteiger partial charge in [-0.25, -0.2) is 12.7 Å². The van der Waals surface area contributed by atoms with Gasteiger partial charge in [-0.1, -0.05) is 19.1 Å². The van der Waals surface area contributed by atoms with E-state index in [2.05, 4.69) is 45.7 Å². The van der Waals surface area contributed by atoms with E-state index in [0.717, 1.165) is 18.9 Å². The van der Waals surface area contributed by atoms with E-state index in [4.69, 9.17) is 0 Å². The number of nitrogens with one attached hydrogen (secondary N) is 1. The van der Waals surface area contributed by atoms with Crippen LogP contribution in [-0.4, -0.2) is 69.8 Å². The minimum absolute atomic E-state index is 0.500. The topological polar surface area (TPSA) is 65.0 Å². The van der Waals surface area contributed by atoms with Gasteiger partial charge in [-0.3, -0.25) is 4.99 Å². The highest BCUT2D eigenvalue weighted by atomic mass is 32.2. The molecule has 1 aromatic rings. The lowest BCUT2D eigenvalue weighted by Crippen LogP contribution is -2.40. The fourth-order valence-corrected chi connectivity index (χ4v) is 3.82. The highest BCUT2D eigenvalue weighted by Gasteiger charge is 2.13. The Hall–Kier alpha value is -1.25. The first-order valence-electron chi connectivity index (χ1n) is 8.31. The second-order valence-electron chi connectivity index (χ2n) is 5.79. The Kier molecular flexibility index (Phi) is 9.31. The third-order valence-corrected chi connectivity index (χ3v) is 5.96. The Labute approximate surface area is 156 Å². The fraction of sp³-hybridized carbons (Fsp3) is 0.588. The molecule has 8 heteroatoms. The number of hydrogen-bond donors (Lipinski definition) is 1. The van der Waals surface area contributed by atoms with Crippen molar-refractivity contribution in [3.05, 3.63) is 29.8 Å². The van der Waals surface area contributed by atoms with Crippen LogP contribution < -0.4 is 5.32 Å². The zero-order valence-corrected chi connectivity index (χ0v) is 17.5. The van der Waals surface area contributed by atoms with E-state index in [9.17, 15) is 8.42 Å². The zero-order chi connectivity index (χ0) is 18.9. The second kappa shape index (κ2) is 10.7. The maximum Gasteiger partial charge on any atom is 0.211 e. The van der Waals surface area contributed by atoms with Gasteiger partial charge in [0.25, 0.3) is 0 Å². The summed E-state index contributed by atoms with van der Waals surface area (Å²) in [5.74, 6) is 0.802.